The van der Waals surface area contributed by atoms with E-state index in [9.17, 15) is 0 Å². The number of aromatic nitrogens is 2. The number of rotatable bonds is 3. The minimum atomic E-state index is 0.268. The molecule has 0 aromatic carbocycles. The van der Waals surface area contributed by atoms with Crippen LogP contribution in [0.4, 0.5) is 5.69 Å². The van der Waals surface area contributed by atoms with Gasteiger partial charge in [-0.2, -0.15) is 5.10 Å². The molecule has 0 radical (unpaired) electrons. The van der Waals surface area contributed by atoms with Crippen LogP contribution in [-0.2, 0) is 0 Å². The van der Waals surface area contributed by atoms with Crippen LogP contribution < -0.4 is 5.32 Å². The van der Waals surface area contributed by atoms with Gasteiger partial charge >= 0.3 is 0 Å². The molecule has 0 fully saturated rings. The van der Waals surface area contributed by atoms with Gasteiger partial charge in [-0.3, -0.25) is 0 Å². The summed E-state index contributed by atoms with van der Waals surface area (Å²) in [5, 5.41) is 10.9. The Morgan fingerprint density at radius 1 is 1.58 bits per heavy atom. The van der Waals surface area contributed by atoms with E-state index in [-0.39, 0.29) is 5.15 Å². The van der Waals surface area contributed by atoms with E-state index >= 15 is 0 Å². The topological polar surface area (TPSA) is 37.8 Å². The van der Waals surface area contributed by atoms with Crippen LogP contribution in [0.3, 0.4) is 0 Å². The highest BCUT2D eigenvalue weighted by Gasteiger charge is 2.04. The number of nitrogens with one attached hydrogen (secondary N) is 1. The van der Waals surface area contributed by atoms with Crippen molar-refractivity contribution in [2.75, 3.05) is 11.9 Å². The Hall–Kier alpha value is -0.800. The van der Waals surface area contributed by atoms with Gasteiger partial charge in [0, 0.05) is 6.54 Å². The fraction of sp³-hybridized carbons (Fsp3) is 0.143. The highest BCUT2D eigenvalue weighted by molar-refractivity contribution is 6.38. The number of hydrogen-bond donors (Lipinski definition) is 1. The summed E-state index contributed by atoms with van der Waals surface area (Å²) in [6, 6.07) is 0. The van der Waals surface area contributed by atoms with E-state index in [0.717, 1.165) is 0 Å². The zero-order valence-corrected chi connectivity index (χ0v) is 7.73. The molecule has 1 aromatic rings. The molecule has 12 heavy (non-hydrogen) atoms. The maximum Gasteiger partial charge on any atom is 0.176 e. The van der Waals surface area contributed by atoms with Crippen LogP contribution in [0.5, 0.6) is 0 Å². The summed E-state index contributed by atoms with van der Waals surface area (Å²) in [5.41, 5.74) is 0.591. The van der Waals surface area contributed by atoms with Crippen LogP contribution in [0.1, 0.15) is 0 Å². The highest BCUT2D eigenvalue weighted by atomic mass is 35.5. The number of hydrogen-bond acceptors (Lipinski definition) is 3. The van der Waals surface area contributed by atoms with Crippen LogP contribution in [0.2, 0.25) is 10.2 Å². The summed E-state index contributed by atoms with van der Waals surface area (Å²) in [7, 11) is 0. The molecule has 0 spiro atoms. The molecule has 64 valence electrons. The van der Waals surface area contributed by atoms with Crippen molar-refractivity contribution in [1.82, 2.24) is 10.2 Å². The van der Waals surface area contributed by atoms with E-state index in [1.54, 1.807) is 6.08 Å². The second-order valence-electron chi connectivity index (χ2n) is 2.03. The van der Waals surface area contributed by atoms with Crippen LogP contribution in [0.25, 0.3) is 0 Å². The van der Waals surface area contributed by atoms with Crippen LogP contribution in [0, 0.1) is 0 Å². The fourth-order valence-corrected chi connectivity index (χ4v) is 1.14. The molecule has 1 rings (SSSR count). The number of anilines is 1. The Balaban J connectivity index is 2.88. The van der Waals surface area contributed by atoms with E-state index in [2.05, 4.69) is 22.1 Å². The average Bonchev–Trinajstić information content (AvgIpc) is 2.04. The van der Waals surface area contributed by atoms with Gasteiger partial charge in [-0.15, -0.1) is 11.7 Å². The normalized spacial score (nSPS) is 9.50. The zero-order valence-electron chi connectivity index (χ0n) is 6.22. The van der Waals surface area contributed by atoms with E-state index < -0.39 is 0 Å². The zero-order chi connectivity index (χ0) is 8.97. The third kappa shape index (κ3) is 2.09. The van der Waals surface area contributed by atoms with Gasteiger partial charge in [-0.05, 0) is 0 Å². The Bertz CT molecular complexity index is 268. The Morgan fingerprint density at radius 3 is 2.92 bits per heavy atom. The molecular formula is C7H7Cl2N3. The molecule has 0 unspecified atom stereocenters. The lowest BCUT2D eigenvalue weighted by Crippen LogP contribution is -2.00. The fourth-order valence-electron chi connectivity index (χ4n) is 0.675. The van der Waals surface area contributed by atoms with Crippen molar-refractivity contribution >= 4 is 28.9 Å². The van der Waals surface area contributed by atoms with Crippen molar-refractivity contribution in [3.63, 3.8) is 0 Å². The maximum absolute atomic E-state index is 5.78. The SMILES string of the molecule is C=CCNc1c(Cl)cnnc1Cl. The van der Waals surface area contributed by atoms with E-state index in [4.69, 9.17) is 23.2 Å². The largest absolute Gasteiger partial charge is 0.378 e. The molecular weight excluding hydrogens is 197 g/mol. The lowest BCUT2D eigenvalue weighted by atomic mass is 10.4. The van der Waals surface area contributed by atoms with Crippen molar-refractivity contribution in [2.45, 2.75) is 0 Å². The first-order valence-electron chi connectivity index (χ1n) is 3.27. The third-order valence-corrected chi connectivity index (χ3v) is 1.74. The average molecular weight is 204 g/mol. The van der Waals surface area contributed by atoms with E-state index in [1.807, 2.05) is 0 Å². The molecule has 0 saturated carbocycles. The lowest BCUT2D eigenvalue weighted by molar-refractivity contribution is 1.03. The molecule has 0 aliphatic rings. The lowest BCUT2D eigenvalue weighted by Gasteiger charge is -2.05. The van der Waals surface area contributed by atoms with Crippen molar-refractivity contribution in [3.8, 4) is 0 Å². The highest BCUT2D eigenvalue weighted by Crippen LogP contribution is 2.26. The first-order valence-corrected chi connectivity index (χ1v) is 4.02. The van der Waals surface area contributed by atoms with Crippen molar-refractivity contribution in [2.24, 2.45) is 0 Å². The molecule has 5 heteroatoms. The van der Waals surface area contributed by atoms with Gasteiger partial charge in [-0.1, -0.05) is 29.3 Å². The van der Waals surface area contributed by atoms with Crippen molar-refractivity contribution in [1.29, 1.82) is 0 Å². The Morgan fingerprint density at radius 2 is 2.33 bits per heavy atom. The first-order chi connectivity index (χ1) is 5.75. The molecule has 0 bridgehead atoms. The summed E-state index contributed by atoms with van der Waals surface area (Å²) in [6.45, 7) is 4.14. The monoisotopic (exact) mass is 203 g/mol. The van der Waals surface area contributed by atoms with Gasteiger partial charge in [0.1, 0.15) is 0 Å². The molecule has 0 amide bonds. The minimum Gasteiger partial charge on any atom is -0.378 e. The molecule has 0 aliphatic carbocycles. The quantitative estimate of drug-likeness (QED) is 0.768. The number of halogens is 2. The van der Waals surface area contributed by atoms with Crippen LogP contribution in [0.15, 0.2) is 18.9 Å². The molecule has 0 atom stereocenters. The summed E-state index contributed by atoms with van der Waals surface area (Å²) in [5.74, 6) is 0. The van der Waals surface area contributed by atoms with Crippen molar-refractivity contribution in [3.05, 3.63) is 29.0 Å². The van der Waals surface area contributed by atoms with Gasteiger partial charge in [0.25, 0.3) is 0 Å². The molecule has 3 nitrogen and oxygen atoms in total. The molecule has 1 aromatic heterocycles. The van der Waals surface area contributed by atoms with Crippen LogP contribution in [-0.4, -0.2) is 16.7 Å². The minimum absolute atomic E-state index is 0.268. The summed E-state index contributed by atoms with van der Waals surface area (Å²) >= 11 is 11.5. The second-order valence-corrected chi connectivity index (χ2v) is 2.79. The third-order valence-electron chi connectivity index (χ3n) is 1.18. The maximum atomic E-state index is 5.78. The summed E-state index contributed by atoms with van der Waals surface area (Å²) in [4.78, 5) is 0. The van der Waals surface area contributed by atoms with Crippen LogP contribution >= 0.6 is 23.2 Å². The van der Waals surface area contributed by atoms with Gasteiger partial charge in [0.2, 0.25) is 0 Å². The smallest absolute Gasteiger partial charge is 0.176 e. The standard InChI is InChI=1S/C7H7Cl2N3/c1-2-3-10-6-5(8)4-11-12-7(6)9/h2,4H,1,3H2,(H,10,11). The first kappa shape index (κ1) is 9.29. The summed E-state index contributed by atoms with van der Waals surface area (Å²) in [6.07, 6.45) is 3.13. The van der Waals surface area contributed by atoms with Gasteiger partial charge in [0.05, 0.1) is 16.9 Å². The molecule has 0 aliphatic heterocycles. The molecule has 1 N–H and O–H groups in total. The molecule has 0 saturated heterocycles. The predicted molar refractivity (Wildman–Crippen MR) is 50.7 cm³/mol. The predicted octanol–water partition coefficient (Wildman–Crippen LogP) is 2.38. The van der Waals surface area contributed by atoms with Gasteiger partial charge in [0.15, 0.2) is 5.15 Å². The van der Waals surface area contributed by atoms with Gasteiger partial charge < -0.3 is 5.32 Å². The number of nitrogens with zero attached hydrogens (tertiary/aromatic N) is 2. The second kappa shape index (κ2) is 4.28. The van der Waals surface area contributed by atoms with Crippen molar-refractivity contribution < 1.29 is 0 Å². The Kier molecular flexibility index (Phi) is 3.31. The van der Waals surface area contributed by atoms with Gasteiger partial charge in [-0.25, -0.2) is 0 Å². The van der Waals surface area contributed by atoms with E-state index in [0.29, 0.717) is 17.3 Å². The Labute approximate surface area is 80.4 Å². The summed E-state index contributed by atoms with van der Waals surface area (Å²) < 4.78 is 0. The van der Waals surface area contributed by atoms with E-state index in [1.165, 1.54) is 6.20 Å². The molecule has 1 heterocycles.